The lowest BCUT2D eigenvalue weighted by molar-refractivity contribution is 0.391. The van der Waals surface area contributed by atoms with Crippen molar-refractivity contribution in [2.75, 3.05) is 26.6 Å². The van der Waals surface area contributed by atoms with Crippen molar-refractivity contribution in [2.45, 2.75) is 13.5 Å². The third-order valence-electron chi connectivity index (χ3n) is 5.37. The smallest absolute Gasteiger partial charge is 0.127 e. The SMILES string of the molecule is COc1ccc(CNc2cnnc3cc(-c4cc(Cl)ccc4OC)cc(C)c23)c(OC)c1. The van der Waals surface area contributed by atoms with Gasteiger partial charge >= 0.3 is 0 Å². The van der Waals surface area contributed by atoms with Gasteiger partial charge in [-0.2, -0.15) is 10.2 Å². The summed E-state index contributed by atoms with van der Waals surface area (Å²) in [4.78, 5) is 0. The molecule has 0 aliphatic rings. The molecule has 1 aromatic heterocycles. The molecule has 0 saturated carbocycles. The second-order valence-corrected chi connectivity index (χ2v) is 7.76. The normalized spacial score (nSPS) is 10.8. The quantitative estimate of drug-likeness (QED) is 0.379. The molecule has 7 heteroatoms. The Kier molecular flexibility index (Phi) is 6.32. The van der Waals surface area contributed by atoms with Gasteiger partial charge in [0.1, 0.15) is 17.2 Å². The molecular formula is C25H24ClN3O3. The van der Waals surface area contributed by atoms with Crippen molar-refractivity contribution in [3.05, 3.63) is 70.9 Å². The molecule has 0 fully saturated rings. The van der Waals surface area contributed by atoms with E-state index in [1.54, 1.807) is 27.5 Å². The predicted octanol–water partition coefficient (Wildman–Crippen LogP) is 5.90. The van der Waals surface area contributed by atoms with E-state index < -0.39 is 0 Å². The van der Waals surface area contributed by atoms with E-state index in [0.29, 0.717) is 11.6 Å². The summed E-state index contributed by atoms with van der Waals surface area (Å²) >= 11 is 6.24. The van der Waals surface area contributed by atoms with Crippen LogP contribution in [0.2, 0.25) is 5.02 Å². The van der Waals surface area contributed by atoms with E-state index in [9.17, 15) is 0 Å². The number of hydrogen-bond donors (Lipinski definition) is 1. The molecule has 1 N–H and O–H groups in total. The van der Waals surface area contributed by atoms with Crippen LogP contribution in [0.15, 0.2) is 54.7 Å². The molecule has 0 spiro atoms. The van der Waals surface area contributed by atoms with Gasteiger partial charge in [-0.1, -0.05) is 17.7 Å². The van der Waals surface area contributed by atoms with Gasteiger partial charge in [-0.05, 0) is 54.4 Å². The van der Waals surface area contributed by atoms with Crippen molar-refractivity contribution in [1.82, 2.24) is 10.2 Å². The first-order valence-corrected chi connectivity index (χ1v) is 10.5. The van der Waals surface area contributed by atoms with E-state index in [4.69, 9.17) is 25.8 Å². The van der Waals surface area contributed by atoms with Crippen LogP contribution in [0.5, 0.6) is 17.2 Å². The minimum Gasteiger partial charge on any atom is -0.497 e. The number of rotatable bonds is 7. The molecule has 0 aliphatic heterocycles. The average molecular weight is 450 g/mol. The van der Waals surface area contributed by atoms with E-state index in [2.05, 4.69) is 28.5 Å². The minimum absolute atomic E-state index is 0.567. The Hall–Kier alpha value is -3.51. The van der Waals surface area contributed by atoms with Crippen LogP contribution in [-0.2, 0) is 6.54 Å². The van der Waals surface area contributed by atoms with Crippen molar-refractivity contribution in [3.63, 3.8) is 0 Å². The van der Waals surface area contributed by atoms with Gasteiger partial charge in [0.05, 0.1) is 38.7 Å². The zero-order valence-corrected chi connectivity index (χ0v) is 19.2. The molecule has 32 heavy (non-hydrogen) atoms. The summed E-state index contributed by atoms with van der Waals surface area (Å²) in [6.07, 6.45) is 1.74. The Labute approximate surface area is 192 Å². The van der Waals surface area contributed by atoms with Gasteiger partial charge in [0.2, 0.25) is 0 Å². The van der Waals surface area contributed by atoms with Gasteiger partial charge in [0, 0.05) is 34.1 Å². The van der Waals surface area contributed by atoms with E-state index in [0.717, 1.165) is 56.1 Å². The largest absolute Gasteiger partial charge is 0.497 e. The highest BCUT2D eigenvalue weighted by Crippen LogP contribution is 2.36. The highest BCUT2D eigenvalue weighted by Gasteiger charge is 2.13. The molecule has 0 atom stereocenters. The van der Waals surface area contributed by atoms with Crippen LogP contribution in [0, 0.1) is 6.92 Å². The summed E-state index contributed by atoms with van der Waals surface area (Å²) < 4.78 is 16.3. The van der Waals surface area contributed by atoms with E-state index in [-0.39, 0.29) is 0 Å². The van der Waals surface area contributed by atoms with Crippen molar-refractivity contribution in [2.24, 2.45) is 0 Å². The first kappa shape index (κ1) is 21.7. The zero-order valence-electron chi connectivity index (χ0n) is 18.4. The lowest BCUT2D eigenvalue weighted by Gasteiger charge is -2.15. The maximum absolute atomic E-state index is 6.24. The average Bonchev–Trinajstić information content (AvgIpc) is 2.82. The van der Waals surface area contributed by atoms with Gasteiger partial charge in [-0.15, -0.1) is 0 Å². The highest BCUT2D eigenvalue weighted by atomic mass is 35.5. The standard InChI is InChI=1S/C25H24ClN3O3/c1-15-9-17(20-11-18(26)6-8-23(20)31-3)10-21-25(15)22(14-28-29-21)27-13-16-5-7-19(30-2)12-24(16)32-4/h5-12,14H,13H2,1-4H3,(H,27,29). The Bertz CT molecular complexity index is 1280. The number of ether oxygens (including phenoxy) is 3. The third kappa shape index (κ3) is 4.27. The van der Waals surface area contributed by atoms with Gasteiger partial charge < -0.3 is 19.5 Å². The number of hydrogen-bond acceptors (Lipinski definition) is 6. The summed E-state index contributed by atoms with van der Waals surface area (Å²) in [6.45, 7) is 2.63. The lowest BCUT2D eigenvalue weighted by Crippen LogP contribution is -2.04. The maximum Gasteiger partial charge on any atom is 0.127 e. The molecule has 0 bridgehead atoms. The summed E-state index contributed by atoms with van der Waals surface area (Å²) in [5.74, 6) is 2.26. The number of aromatic nitrogens is 2. The fourth-order valence-corrected chi connectivity index (χ4v) is 3.97. The molecule has 1 heterocycles. The number of nitrogens with zero attached hydrogens (tertiary/aromatic N) is 2. The van der Waals surface area contributed by atoms with E-state index in [1.807, 2.05) is 42.5 Å². The molecule has 4 aromatic rings. The fraction of sp³-hybridized carbons (Fsp3) is 0.200. The molecule has 6 nitrogen and oxygen atoms in total. The molecule has 0 aliphatic carbocycles. The Morgan fingerprint density at radius 3 is 2.47 bits per heavy atom. The maximum atomic E-state index is 6.24. The molecular weight excluding hydrogens is 426 g/mol. The van der Waals surface area contributed by atoms with Crippen molar-refractivity contribution >= 4 is 28.2 Å². The zero-order chi connectivity index (χ0) is 22.7. The van der Waals surface area contributed by atoms with Gasteiger partial charge in [-0.3, -0.25) is 0 Å². The van der Waals surface area contributed by atoms with Gasteiger partial charge in [0.25, 0.3) is 0 Å². The molecule has 0 radical (unpaired) electrons. The van der Waals surface area contributed by atoms with Crippen molar-refractivity contribution in [3.8, 4) is 28.4 Å². The molecule has 0 amide bonds. The van der Waals surface area contributed by atoms with E-state index >= 15 is 0 Å². The third-order valence-corrected chi connectivity index (χ3v) is 5.61. The summed E-state index contributed by atoms with van der Waals surface area (Å²) in [5, 5.41) is 13.7. The molecule has 4 rings (SSSR count). The monoisotopic (exact) mass is 449 g/mol. The number of methoxy groups -OCH3 is 3. The Morgan fingerprint density at radius 1 is 0.906 bits per heavy atom. The summed E-state index contributed by atoms with van der Waals surface area (Å²) in [6, 6.07) is 15.5. The highest BCUT2D eigenvalue weighted by molar-refractivity contribution is 6.31. The Balaban J connectivity index is 1.70. The molecule has 164 valence electrons. The second-order valence-electron chi connectivity index (χ2n) is 7.32. The number of aryl methyl sites for hydroxylation is 1. The Morgan fingerprint density at radius 2 is 1.72 bits per heavy atom. The van der Waals surface area contributed by atoms with Gasteiger partial charge in [0.15, 0.2) is 0 Å². The van der Waals surface area contributed by atoms with Gasteiger partial charge in [-0.25, -0.2) is 0 Å². The van der Waals surface area contributed by atoms with Crippen molar-refractivity contribution in [1.29, 1.82) is 0 Å². The number of nitrogens with one attached hydrogen (secondary N) is 1. The molecule has 0 unspecified atom stereocenters. The lowest BCUT2D eigenvalue weighted by atomic mass is 9.98. The topological polar surface area (TPSA) is 65.5 Å². The van der Waals surface area contributed by atoms with Crippen LogP contribution in [0.1, 0.15) is 11.1 Å². The number of fused-ring (bicyclic) bond motifs is 1. The summed E-state index contributed by atoms with van der Waals surface area (Å²) in [7, 11) is 4.94. The van der Waals surface area contributed by atoms with Crippen LogP contribution in [0.25, 0.3) is 22.0 Å². The van der Waals surface area contributed by atoms with Crippen LogP contribution in [0.4, 0.5) is 5.69 Å². The first-order chi connectivity index (χ1) is 15.5. The number of benzene rings is 3. The first-order valence-electron chi connectivity index (χ1n) is 10.1. The second kappa shape index (κ2) is 9.32. The van der Waals surface area contributed by atoms with Crippen LogP contribution in [0.3, 0.4) is 0 Å². The number of halogens is 1. The van der Waals surface area contributed by atoms with E-state index in [1.165, 1.54) is 0 Å². The van der Waals surface area contributed by atoms with Crippen molar-refractivity contribution < 1.29 is 14.2 Å². The van der Waals surface area contributed by atoms with Crippen LogP contribution < -0.4 is 19.5 Å². The predicted molar refractivity (Wildman–Crippen MR) is 128 cm³/mol. The minimum atomic E-state index is 0.567. The molecule has 3 aromatic carbocycles. The summed E-state index contributed by atoms with van der Waals surface area (Å²) in [5.41, 5.74) is 5.64. The van der Waals surface area contributed by atoms with Crippen LogP contribution >= 0.6 is 11.6 Å². The molecule has 0 saturated heterocycles. The fourth-order valence-electron chi connectivity index (χ4n) is 3.79. The van der Waals surface area contributed by atoms with Crippen LogP contribution in [-0.4, -0.2) is 31.5 Å². The number of anilines is 1.